The minimum absolute atomic E-state index is 0.0650. The molecule has 0 aromatic heterocycles. The third-order valence-electron chi connectivity index (χ3n) is 7.22. The van der Waals surface area contributed by atoms with Crippen LogP contribution >= 0.6 is 11.6 Å². The summed E-state index contributed by atoms with van der Waals surface area (Å²) in [5.41, 5.74) is 2.00. The molecule has 2 aromatic carbocycles. The molecule has 2 atom stereocenters. The van der Waals surface area contributed by atoms with Gasteiger partial charge in [0.2, 0.25) is 0 Å². The lowest BCUT2D eigenvalue weighted by atomic mass is 9.97. The number of alkyl halides is 3. The predicted molar refractivity (Wildman–Crippen MR) is 142 cm³/mol. The van der Waals surface area contributed by atoms with Crippen molar-refractivity contribution in [1.82, 2.24) is 20.0 Å². The molecule has 3 rings (SSSR count). The van der Waals surface area contributed by atoms with Crippen molar-refractivity contribution in [2.45, 2.75) is 38.5 Å². The normalized spacial score (nSPS) is 16.8. The van der Waals surface area contributed by atoms with E-state index in [4.69, 9.17) is 11.6 Å². The average Bonchev–Trinajstić information content (AvgIpc) is 2.88. The number of likely N-dealkylation sites (N-methyl/N-ethyl adjacent to an activating group) is 2. The van der Waals surface area contributed by atoms with E-state index in [1.54, 1.807) is 12.1 Å². The van der Waals surface area contributed by atoms with Crippen molar-refractivity contribution in [3.63, 3.8) is 0 Å². The fourth-order valence-electron chi connectivity index (χ4n) is 4.97. The number of benzene rings is 2. The molecule has 1 heterocycles. The maximum atomic E-state index is 13.9. The molecule has 1 fully saturated rings. The zero-order chi connectivity index (χ0) is 26.3. The molecular weight excluding hydrogens is 485 g/mol. The lowest BCUT2D eigenvalue weighted by molar-refractivity contribution is -0.139. The molecule has 198 valence electrons. The Balaban J connectivity index is 1.74. The van der Waals surface area contributed by atoms with Crippen LogP contribution in [0.5, 0.6) is 0 Å². The van der Waals surface area contributed by atoms with Crippen molar-refractivity contribution >= 4 is 11.6 Å². The molecule has 0 radical (unpaired) electrons. The molecule has 2 aromatic rings. The van der Waals surface area contributed by atoms with Crippen LogP contribution < -0.4 is 5.32 Å². The third-order valence-corrected chi connectivity index (χ3v) is 7.47. The third kappa shape index (κ3) is 7.25. The number of hydrogen-bond acceptors (Lipinski definition) is 4. The van der Waals surface area contributed by atoms with Gasteiger partial charge in [0, 0.05) is 49.5 Å². The topological polar surface area (TPSA) is 21.8 Å². The number of nitrogens with one attached hydrogen (secondary N) is 1. The van der Waals surface area contributed by atoms with Crippen molar-refractivity contribution in [2.75, 3.05) is 52.9 Å². The summed E-state index contributed by atoms with van der Waals surface area (Å²) in [7, 11) is 1.93. The monoisotopic (exact) mass is 522 g/mol. The average molecular weight is 523 g/mol. The molecule has 1 N–H and O–H groups in total. The first-order valence-electron chi connectivity index (χ1n) is 12.7. The van der Waals surface area contributed by atoms with Gasteiger partial charge in [-0.05, 0) is 55.9 Å². The largest absolute Gasteiger partial charge is 0.416 e. The summed E-state index contributed by atoms with van der Waals surface area (Å²) in [6.45, 7) is 13.4. The Kier molecular flexibility index (Phi) is 10.3. The van der Waals surface area contributed by atoms with Crippen molar-refractivity contribution in [3.05, 3.63) is 82.5 Å². The van der Waals surface area contributed by atoms with Crippen LogP contribution in [0.1, 0.15) is 36.6 Å². The molecule has 0 bridgehead atoms. The number of piperazine rings is 1. The van der Waals surface area contributed by atoms with E-state index in [-0.39, 0.29) is 12.1 Å². The van der Waals surface area contributed by atoms with Crippen LogP contribution in [0.3, 0.4) is 0 Å². The maximum absolute atomic E-state index is 13.9. The highest BCUT2D eigenvalue weighted by molar-refractivity contribution is 6.30. The minimum atomic E-state index is -4.38. The fraction of sp³-hybridized carbons (Fsp3) is 0.500. The van der Waals surface area contributed by atoms with Gasteiger partial charge in [-0.15, -0.1) is 0 Å². The van der Waals surface area contributed by atoms with Crippen LogP contribution in [-0.4, -0.2) is 73.6 Å². The Labute approximate surface area is 218 Å². The lowest BCUT2D eigenvalue weighted by Crippen LogP contribution is -2.51. The molecule has 0 aliphatic carbocycles. The Morgan fingerprint density at radius 1 is 1.03 bits per heavy atom. The molecule has 0 amide bonds. The molecule has 2 unspecified atom stereocenters. The number of hydrogen-bond donors (Lipinski definition) is 1. The van der Waals surface area contributed by atoms with Crippen LogP contribution in [0.2, 0.25) is 5.02 Å². The smallest absolute Gasteiger partial charge is 0.371 e. The quantitative estimate of drug-likeness (QED) is 0.408. The van der Waals surface area contributed by atoms with Gasteiger partial charge in [-0.3, -0.25) is 4.90 Å². The van der Waals surface area contributed by atoms with Gasteiger partial charge in [-0.25, -0.2) is 0 Å². The molecule has 1 aliphatic rings. The number of halogens is 4. The van der Waals surface area contributed by atoms with Gasteiger partial charge in [-0.1, -0.05) is 62.4 Å². The first-order valence-corrected chi connectivity index (χ1v) is 13.0. The summed E-state index contributed by atoms with van der Waals surface area (Å²) in [5.74, 6) is 0. The number of nitrogens with zero attached hydrogens (tertiary/aromatic N) is 3. The Bertz CT molecular complexity index is 968. The molecule has 1 aliphatic heterocycles. The second kappa shape index (κ2) is 13.0. The fourth-order valence-corrected chi connectivity index (χ4v) is 5.09. The summed E-state index contributed by atoms with van der Waals surface area (Å²) >= 11 is 6.02. The van der Waals surface area contributed by atoms with E-state index in [9.17, 15) is 13.2 Å². The van der Waals surface area contributed by atoms with Crippen LogP contribution in [0.4, 0.5) is 13.2 Å². The van der Waals surface area contributed by atoms with E-state index >= 15 is 0 Å². The molecule has 8 heteroatoms. The van der Waals surface area contributed by atoms with Crippen LogP contribution in [0, 0.1) is 0 Å². The van der Waals surface area contributed by atoms with Gasteiger partial charge in [-0.2, -0.15) is 13.2 Å². The van der Waals surface area contributed by atoms with Gasteiger partial charge < -0.3 is 15.1 Å². The zero-order valence-electron chi connectivity index (χ0n) is 21.5. The van der Waals surface area contributed by atoms with E-state index in [2.05, 4.69) is 40.4 Å². The first-order chi connectivity index (χ1) is 17.2. The number of rotatable bonds is 11. The van der Waals surface area contributed by atoms with E-state index in [1.165, 1.54) is 17.7 Å². The SMILES string of the molecule is C=C(C(Cc1ccc(Cl)cc1)NC)N1CCN(C(CN(CC)CC)c2ccccc2C(F)(F)F)CC1. The van der Waals surface area contributed by atoms with Gasteiger partial charge in [0.1, 0.15) is 0 Å². The summed E-state index contributed by atoms with van der Waals surface area (Å²) < 4.78 is 41.7. The molecule has 0 saturated carbocycles. The predicted octanol–water partition coefficient (Wildman–Crippen LogP) is 5.70. The van der Waals surface area contributed by atoms with E-state index in [0.29, 0.717) is 30.2 Å². The second-order valence-corrected chi connectivity index (χ2v) is 9.71. The first kappa shape index (κ1) is 28.5. The van der Waals surface area contributed by atoms with Crippen molar-refractivity contribution in [1.29, 1.82) is 0 Å². The summed E-state index contributed by atoms with van der Waals surface area (Å²) in [5, 5.41) is 4.08. The van der Waals surface area contributed by atoms with Crippen molar-refractivity contribution < 1.29 is 13.2 Å². The molecular formula is C28H38ClF3N4. The highest BCUT2D eigenvalue weighted by atomic mass is 35.5. The molecule has 1 saturated heterocycles. The zero-order valence-corrected chi connectivity index (χ0v) is 22.2. The van der Waals surface area contributed by atoms with Crippen molar-refractivity contribution in [3.8, 4) is 0 Å². The van der Waals surface area contributed by atoms with Gasteiger partial charge in [0.15, 0.2) is 0 Å². The van der Waals surface area contributed by atoms with Crippen LogP contribution in [0.15, 0.2) is 60.8 Å². The Morgan fingerprint density at radius 3 is 2.19 bits per heavy atom. The molecule has 0 spiro atoms. The Hall–Kier alpha value is -2.06. The molecule has 4 nitrogen and oxygen atoms in total. The molecule has 36 heavy (non-hydrogen) atoms. The van der Waals surface area contributed by atoms with Gasteiger partial charge >= 0.3 is 6.18 Å². The minimum Gasteiger partial charge on any atom is -0.371 e. The van der Waals surface area contributed by atoms with E-state index in [0.717, 1.165) is 38.3 Å². The second-order valence-electron chi connectivity index (χ2n) is 9.27. The van der Waals surface area contributed by atoms with Crippen LogP contribution in [0.25, 0.3) is 0 Å². The summed E-state index contributed by atoms with van der Waals surface area (Å²) in [6.07, 6.45) is -3.59. The standard InChI is InChI=1S/C28H38ClF3N4/c1-5-34(6-2)20-27(24-9-7-8-10-25(24)28(30,31)32)36-17-15-35(16-18-36)21(3)26(33-4)19-22-11-13-23(29)14-12-22/h7-14,26-27,33H,3,5-6,15-20H2,1-2,4H3. The highest BCUT2D eigenvalue weighted by Gasteiger charge is 2.37. The van der Waals surface area contributed by atoms with E-state index in [1.807, 2.05) is 31.3 Å². The van der Waals surface area contributed by atoms with Crippen molar-refractivity contribution in [2.24, 2.45) is 0 Å². The summed E-state index contributed by atoms with van der Waals surface area (Å²) in [4.78, 5) is 6.67. The van der Waals surface area contributed by atoms with Crippen LogP contribution in [-0.2, 0) is 12.6 Å². The maximum Gasteiger partial charge on any atom is 0.416 e. The highest BCUT2D eigenvalue weighted by Crippen LogP contribution is 2.37. The summed E-state index contributed by atoms with van der Waals surface area (Å²) in [6, 6.07) is 13.6. The lowest BCUT2D eigenvalue weighted by Gasteiger charge is -2.44. The Morgan fingerprint density at radius 2 is 1.64 bits per heavy atom. The van der Waals surface area contributed by atoms with Gasteiger partial charge in [0.05, 0.1) is 11.6 Å². The van der Waals surface area contributed by atoms with E-state index < -0.39 is 11.7 Å². The van der Waals surface area contributed by atoms with Gasteiger partial charge in [0.25, 0.3) is 0 Å².